The van der Waals surface area contributed by atoms with Gasteiger partial charge in [0.25, 0.3) is 0 Å². The molecule has 0 N–H and O–H groups in total. The number of rotatable bonds is 10. The van der Waals surface area contributed by atoms with Crippen LogP contribution in [0.2, 0.25) is 0 Å². The van der Waals surface area contributed by atoms with Crippen LogP contribution in [0.1, 0.15) is 43.1 Å². The van der Waals surface area contributed by atoms with E-state index in [1.807, 2.05) is 66.7 Å². The second-order valence-electron chi connectivity index (χ2n) is 7.45. The first-order valence-corrected chi connectivity index (χ1v) is 10.4. The van der Waals surface area contributed by atoms with Crippen LogP contribution in [-0.2, 0) is 30.3 Å². The minimum atomic E-state index is -0.516. The molecule has 0 saturated carbocycles. The van der Waals surface area contributed by atoms with E-state index in [-0.39, 0.29) is 30.7 Å². The molecule has 0 spiro atoms. The van der Waals surface area contributed by atoms with Crippen LogP contribution in [0.25, 0.3) is 0 Å². The van der Waals surface area contributed by atoms with Gasteiger partial charge >= 0.3 is 5.97 Å². The fraction of sp³-hybridized carbons (Fsp3) is 0.400. The van der Waals surface area contributed by atoms with Gasteiger partial charge in [0, 0.05) is 18.4 Å². The zero-order chi connectivity index (χ0) is 21.2. The summed E-state index contributed by atoms with van der Waals surface area (Å²) < 4.78 is 23.3. The summed E-state index contributed by atoms with van der Waals surface area (Å²) in [6.07, 6.45) is 3.21. The Hall–Kier alpha value is -2.47. The Kier molecular flexibility index (Phi) is 8.63. The van der Waals surface area contributed by atoms with E-state index in [1.165, 1.54) is 7.11 Å². The fourth-order valence-corrected chi connectivity index (χ4v) is 3.61. The van der Waals surface area contributed by atoms with Crippen molar-refractivity contribution in [1.82, 2.24) is 0 Å². The van der Waals surface area contributed by atoms with Gasteiger partial charge in [-0.15, -0.1) is 6.58 Å². The molecular formula is C25H30O5. The molecule has 3 rings (SSSR count). The van der Waals surface area contributed by atoms with Crippen molar-refractivity contribution in [2.45, 2.75) is 56.9 Å². The fourth-order valence-electron chi connectivity index (χ4n) is 3.61. The van der Waals surface area contributed by atoms with E-state index in [9.17, 15) is 4.79 Å². The van der Waals surface area contributed by atoms with Crippen LogP contribution in [0.5, 0.6) is 0 Å². The van der Waals surface area contributed by atoms with Gasteiger partial charge in [-0.2, -0.15) is 0 Å². The number of methoxy groups -OCH3 is 1. The summed E-state index contributed by atoms with van der Waals surface area (Å²) >= 11 is 0. The number of carbonyl (C=O) groups excluding carboxylic acids is 1. The van der Waals surface area contributed by atoms with Gasteiger partial charge in [-0.1, -0.05) is 66.7 Å². The SMILES string of the molecule is C=CC[C@H](C[C@@H]1C[C@H](CC(=O)OC)O[C@H](c2ccccc2)O1)OCc1ccccc1. The third kappa shape index (κ3) is 6.80. The Morgan fingerprint density at radius 3 is 2.43 bits per heavy atom. The zero-order valence-electron chi connectivity index (χ0n) is 17.4. The molecule has 1 heterocycles. The van der Waals surface area contributed by atoms with Gasteiger partial charge in [0.15, 0.2) is 6.29 Å². The van der Waals surface area contributed by atoms with Crippen molar-refractivity contribution in [3.8, 4) is 0 Å². The highest BCUT2D eigenvalue weighted by Crippen LogP contribution is 2.33. The quantitative estimate of drug-likeness (QED) is 0.409. The topological polar surface area (TPSA) is 54.0 Å². The lowest BCUT2D eigenvalue weighted by atomic mass is 9.99. The molecule has 160 valence electrons. The summed E-state index contributed by atoms with van der Waals surface area (Å²) in [5.74, 6) is -0.282. The van der Waals surface area contributed by atoms with Gasteiger partial charge in [0.2, 0.25) is 0 Å². The molecule has 0 bridgehead atoms. The summed E-state index contributed by atoms with van der Waals surface area (Å²) in [6, 6.07) is 19.9. The molecule has 30 heavy (non-hydrogen) atoms. The van der Waals surface area contributed by atoms with Crippen LogP contribution in [0.4, 0.5) is 0 Å². The van der Waals surface area contributed by atoms with E-state index in [1.54, 1.807) is 0 Å². The average Bonchev–Trinajstić information content (AvgIpc) is 2.78. The summed E-state index contributed by atoms with van der Waals surface area (Å²) in [5.41, 5.74) is 2.06. The minimum Gasteiger partial charge on any atom is -0.469 e. The monoisotopic (exact) mass is 410 g/mol. The standard InChI is InChI=1S/C25H30O5/c1-3-10-21(28-18-19-11-6-4-7-12-19)15-22-16-23(17-24(26)27-2)30-25(29-22)20-13-8-5-9-14-20/h3-9,11-14,21-23,25H,1,10,15-18H2,2H3/t21-,22-,23-,25-/m1/s1. The minimum absolute atomic E-state index is 0.0268. The molecule has 2 aromatic rings. The Morgan fingerprint density at radius 2 is 1.77 bits per heavy atom. The van der Waals surface area contributed by atoms with Gasteiger partial charge in [-0.25, -0.2) is 0 Å². The number of esters is 1. The third-order valence-electron chi connectivity index (χ3n) is 5.14. The van der Waals surface area contributed by atoms with E-state index >= 15 is 0 Å². The van der Waals surface area contributed by atoms with Crippen LogP contribution < -0.4 is 0 Å². The highest BCUT2D eigenvalue weighted by Gasteiger charge is 2.33. The molecule has 1 saturated heterocycles. The summed E-state index contributed by atoms with van der Waals surface area (Å²) in [7, 11) is 1.39. The van der Waals surface area contributed by atoms with E-state index in [0.29, 0.717) is 19.4 Å². The van der Waals surface area contributed by atoms with E-state index in [2.05, 4.69) is 6.58 Å². The van der Waals surface area contributed by atoms with Gasteiger partial charge < -0.3 is 18.9 Å². The van der Waals surface area contributed by atoms with Crippen molar-refractivity contribution in [3.05, 3.63) is 84.4 Å². The Morgan fingerprint density at radius 1 is 1.10 bits per heavy atom. The van der Waals surface area contributed by atoms with Crippen molar-refractivity contribution in [3.63, 3.8) is 0 Å². The average molecular weight is 411 g/mol. The van der Waals surface area contributed by atoms with Gasteiger partial charge in [0.05, 0.1) is 38.4 Å². The molecule has 1 fully saturated rings. The number of benzene rings is 2. The van der Waals surface area contributed by atoms with Gasteiger partial charge in [-0.3, -0.25) is 4.79 Å². The van der Waals surface area contributed by atoms with Crippen LogP contribution in [0.15, 0.2) is 73.3 Å². The van der Waals surface area contributed by atoms with Gasteiger partial charge in [-0.05, 0) is 12.0 Å². The number of hydrogen-bond donors (Lipinski definition) is 0. The van der Waals surface area contributed by atoms with Crippen molar-refractivity contribution in [2.24, 2.45) is 0 Å². The third-order valence-corrected chi connectivity index (χ3v) is 5.14. The second-order valence-corrected chi connectivity index (χ2v) is 7.45. The molecular weight excluding hydrogens is 380 g/mol. The summed E-state index contributed by atoms with van der Waals surface area (Å²) in [4.78, 5) is 11.8. The molecule has 0 amide bonds. The number of ether oxygens (including phenoxy) is 4. The van der Waals surface area contributed by atoms with E-state index in [4.69, 9.17) is 18.9 Å². The molecule has 0 radical (unpaired) electrons. The first kappa shape index (κ1) is 22.2. The molecule has 5 nitrogen and oxygen atoms in total. The first-order chi connectivity index (χ1) is 14.7. The molecule has 2 aromatic carbocycles. The van der Waals surface area contributed by atoms with Crippen molar-refractivity contribution >= 4 is 5.97 Å². The predicted octanol–water partition coefficient (Wildman–Crippen LogP) is 4.97. The number of carbonyl (C=O) groups is 1. The first-order valence-electron chi connectivity index (χ1n) is 10.4. The number of hydrogen-bond acceptors (Lipinski definition) is 5. The van der Waals surface area contributed by atoms with Crippen LogP contribution >= 0.6 is 0 Å². The van der Waals surface area contributed by atoms with Crippen LogP contribution in [0, 0.1) is 0 Å². The summed E-state index contributed by atoms with van der Waals surface area (Å²) in [5, 5.41) is 0. The largest absolute Gasteiger partial charge is 0.469 e. The highest BCUT2D eigenvalue weighted by molar-refractivity contribution is 5.69. The molecule has 4 atom stereocenters. The van der Waals surface area contributed by atoms with E-state index in [0.717, 1.165) is 17.5 Å². The van der Waals surface area contributed by atoms with Crippen molar-refractivity contribution in [2.75, 3.05) is 7.11 Å². The highest BCUT2D eigenvalue weighted by atomic mass is 16.7. The molecule has 0 unspecified atom stereocenters. The van der Waals surface area contributed by atoms with Crippen LogP contribution in [-0.4, -0.2) is 31.4 Å². The maximum Gasteiger partial charge on any atom is 0.308 e. The maximum atomic E-state index is 11.8. The molecule has 1 aliphatic heterocycles. The lowest BCUT2D eigenvalue weighted by molar-refractivity contribution is -0.254. The Bertz CT molecular complexity index is 777. The molecule has 5 heteroatoms. The van der Waals surface area contributed by atoms with Crippen molar-refractivity contribution < 1.29 is 23.7 Å². The zero-order valence-corrected chi connectivity index (χ0v) is 17.4. The Labute approximate surface area is 178 Å². The van der Waals surface area contributed by atoms with Crippen LogP contribution in [0.3, 0.4) is 0 Å². The maximum absolute atomic E-state index is 11.8. The second kappa shape index (κ2) is 11.6. The molecule has 1 aliphatic rings. The Balaban J connectivity index is 1.66. The van der Waals surface area contributed by atoms with Crippen molar-refractivity contribution in [1.29, 1.82) is 0 Å². The lowest BCUT2D eigenvalue weighted by Gasteiger charge is -2.37. The smallest absolute Gasteiger partial charge is 0.308 e. The molecule has 0 aromatic heterocycles. The summed E-state index contributed by atoms with van der Waals surface area (Å²) in [6.45, 7) is 4.41. The van der Waals surface area contributed by atoms with E-state index < -0.39 is 6.29 Å². The predicted molar refractivity (Wildman–Crippen MR) is 115 cm³/mol. The molecule has 0 aliphatic carbocycles. The van der Waals surface area contributed by atoms with Gasteiger partial charge in [0.1, 0.15) is 0 Å². The normalized spacial score (nSPS) is 22.2. The lowest BCUT2D eigenvalue weighted by Crippen LogP contribution is -2.37.